The van der Waals surface area contributed by atoms with E-state index in [2.05, 4.69) is 15.1 Å². The molecule has 2 bridgehead atoms. The lowest BCUT2D eigenvalue weighted by Crippen LogP contribution is -2.63. The molecular formula is C12H15Cl2N3OS. The summed E-state index contributed by atoms with van der Waals surface area (Å²) in [5.41, 5.74) is 0.480. The highest BCUT2D eigenvalue weighted by Gasteiger charge is 2.31. The number of rotatable bonds is 3. The lowest BCUT2D eigenvalue weighted by Gasteiger charge is -2.47. The minimum Gasteiger partial charge on any atom is -0.350 e. The highest BCUT2D eigenvalue weighted by Crippen LogP contribution is 2.31. The molecule has 3 fully saturated rings. The van der Waals surface area contributed by atoms with Gasteiger partial charge in [0.15, 0.2) is 0 Å². The van der Waals surface area contributed by atoms with Crippen LogP contribution in [0.5, 0.6) is 0 Å². The van der Waals surface area contributed by atoms with E-state index in [1.807, 2.05) is 0 Å². The molecule has 7 heteroatoms. The maximum Gasteiger partial charge on any atom is 0.253 e. The number of amides is 1. The summed E-state index contributed by atoms with van der Waals surface area (Å²) in [7, 11) is 0. The summed E-state index contributed by atoms with van der Waals surface area (Å²) in [6.45, 7) is 6.21. The molecule has 3 aliphatic heterocycles. The fourth-order valence-corrected chi connectivity index (χ4v) is 4.18. The number of piperazine rings is 3. The molecule has 0 radical (unpaired) electrons. The number of halogens is 2. The molecule has 1 atom stereocenters. The van der Waals surface area contributed by atoms with Crippen LogP contribution in [0.3, 0.4) is 0 Å². The molecular weight excluding hydrogens is 305 g/mol. The third kappa shape index (κ3) is 2.90. The smallest absolute Gasteiger partial charge is 0.253 e. The Labute approximate surface area is 126 Å². The standard InChI is InChI=1S/C12H15Cl2N3OS/c13-10-5-9(11(14)19-10)12(18)15-6-8-7-16-1-3-17(8)4-2-16/h5,8H,1-4,6-7H2,(H,15,18). The molecule has 0 saturated carbocycles. The normalized spacial score (nSPS) is 29.5. The fraction of sp³-hybridized carbons (Fsp3) is 0.583. The molecule has 3 aliphatic rings. The van der Waals surface area contributed by atoms with Crippen LogP contribution in [0.25, 0.3) is 0 Å². The fourth-order valence-electron chi connectivity index (χ4n) is 2.72. The monoisotopic (exact) mass is 319 g/mol. The van der Waals surface area contributed by atoms with Crippen LogP contribution in [0.15, 0.2) is 6.07 Å². The first kappa shape index (κ1) is 13.6. The van der Waals surface area contributed by atoms with Gasteiger partial charge >= 0.3 is 0 Å². The molecule has 0 aliphatic carbocycles. The van der Waals surface area contributed by atoms with Gasteiger partial charge in [0.2, 0.25) is 0 Å². The summed E-state index contributed by atoms with van der Waals surface area (Å²) in [4.78, 5) is 16.9. The minimum atomic E-state index is -0.134. The van der Waals surface area contributed by atoms with Gasteiger partial charge in [-0.05, 0) is 6.07 Å². The van der Waals surface area contributed by atoms with E-state index in [1.165, 1.54) is 11.3 Å². The highest BCUT2D eigenvalue weighted by atomic mass is 35.5. The molecule has 4 heterocycles. The Morgan fingerprint density at radius 2 is 2.11 bits per heavy atom. The zero-order valence-corrected chi connectivity index (χ0v) is 12.7. The molecule has 104 valence electrons. The van der Waals surface area contributed by atoms with E-state index in [0.29, 0.717) is 26.8 Å². The minimum absolute atomic E-state index is 0.134. The number of nitrogens with zero attached hydrogens (tertiary/aromatic N) is 2. The van der Waals surface area contributed by atoms with Gasteiger partial charge in [-0.15, -0.1) is 11.3 Å². The second-order valence-corrected chi connectivity index (χ2v) is 7.22. The molecule has 4 nitrogen and oxygen atoms in total. The van der Waals surface area contributed by atoms with E-state index >= 15 is 0 Å². The Hall–Kier alpha value is -0.330. The molecule has 1 aromatic heterocycles. The van der Waals surface area contributed by atoms with Crippen LogP contribution >= 0.6 is 34.5 Å². The largest absolute Gasteiger partial charge is 0.350 e. The zero-order chi connectivity index (χ0) is 13.4. The van der Waals surface area contributed by atoms with Gasteiger partial charge in [0, 0.05) is 45.3 Å². The molecule has 1 aromatic rings. The van der Waals surface area contributed by atoms with Crippen LogP contribution in [0.2, 0.25) is 8.67 Å². The van der Waals surface area contributed by atoms with Gasteiger partial charge in [0.25, 0.3) is 5.91 Å². The average molecular weight is 320 g/mol. The van der Waals surface area contributed by atoms with Gasteiger partial charge in [0.1, 0.15) is 4.34 Å². The van der Waals surface area contributed by atoms with E-state index in [9.17, 15) is 4.79 Å². The second kappa shape index (κ2) is 5.58. The Morgan fingerprint density at radius 3 is 2.63 bits per heavy atom. The molecule has 3 saturated heterocycles. The van der Waals surface area contributed by atoms with Crippen LogP contribution in [0.4, 0.5) is 0 Å². The van der Waals surface area contributed by atoms with Crippen LogP contribution in [-0.4, -0.2) is 61.0 Å². The van der Waals surface area contributed by atoms with Crippen molar-refractivity contribution in [3.05, 3.63) is 20.3 Å². The van der Waals surface area contributed by atoms with Gasteiger partial charge in [-0.2, -0.15) is 0 Å². The third-order valence-corrected chi connectivity index (χ3v) is 5.28. The molecule has 19 heavy (non-hydrogen) atoms. The van der Waals surface area contributed by atoms with Crippen molar-refractivity contribution in [1.29, 1.82) is 0 Å². The van der Waals surface area contributed by atoms with Crippen LogP contribution < -0.4 is 5.32 Å². The predicted molar refractivity (Wildman–Crippen MR) is 78.5 cm³/mol. The van der Waals surface area contributed by atoms with Crippen molar-refractivity contribution in [2.75, 3.05) is 39.3 Å². The zero-order valence-electron chi connectivity index (χ0n) is 10.4. The number of hydrogen-bond donors (Lipinski definition) is 1. The van der Waals surface area contributed by atoms with Crippen molar-refractivity contribution in [2.45, 2.75) is 6.04 Å². The molecule has 1 N–H and O–H groups in total. The van der Waals surface area contributed by atoms with Crippen LogP contribution in [0.1, 0.15) is 10.4 Å². The van der Waals surface area contributed by atoms with Crippen molar-refractivity contribution in [2.24, 2.45) is 0 Å². The van der Waals surface area contributed by atoms with Gasteiger partial charge in [-0.3, -0.25) is 14.6 Å². The van der Waals surface area contributed by atoms with E-state index in [4.69, 9.17) is 23.2 Å². The molecule has 4 rings (SSSR count). The van der Waals surface area contributed by atoms with Crippen molar-refractivity contribution >= 4 is 40.4 Å². The van der Waals surface area contributed by atoms with Crippen molar-refractivity contribution < 1.29 is 4.79 Å². The van der Waals surface area contributed by atoms with Gasteiger partial charge in [0.05, 0.1) is 9.90 Å². The summed E-state index contributed by atoms with van der Waals surface area (Å²) in [6.07, 6.45) is 0. The summed E-state index contributed by atoms with van der Waals surface area (Å²) >= 11 is 13.1. The second-order valence-electron chi connectivity index (χ2n) is 4.94. The SMILES string of the molecule is O=C(NCC1CN2CCN1CC2)c1cc(Cl)sc1Cl. The Bertz CT molecular complexity index is 485. The first-order valence-corrected chi connectivity index (χ1v) is 7.90. The first-order valence-electron chi connectivity index (χ1n) is 6.33. The van der Waals surface area contributed by atoms with Gasteiger partial charge < -0.3 is 5.32 Å². The van der Waals surface area contributed by atoms with Crippen molar-refractivity contribution in [3.63, 3.8) is 0 Å². The van der Waals surface area contributed by atoms with Gasteiger partial charge in [-0.1, -0.05) is 23.2 Å². The summed E-state index contributed by atoms with van der Waals surface area (Å²) in [5.74, 6) is -0.134. The molecule has 1 amide bonds. The third-order valence-electron chi connectivity index (χ3n) is 3.79. The van der Waals surface area contributed by atoms with Crippen molar-refractivity contribution in [1.82, 2.24) is 15.1 Å². The lowest BCUT2D eigenvalue weighted by molar-refractivity contribution is 0.0138. The maximum atomic E-state index is 12.0. The number of hydrogen-bond acceptors (Lipinski definition) is 4. The molecule has 1 unspecified atom stereocenters. The predicted octanol–water partition coefficient (Wildman–Crippen LogP) is 1.78. The van der Waals surface area contributed by atoms with Crippen LogP contribution in [-0.2, 0) is 0 Å². The van der Waals surface area contributed by atoms with Crippen molar-refractivity contribution in [3.8, 4) is 0 Å². The highest BCUT2D eigenvalue weighted by molar-refractivity contribution is 7.20. The van der Waals surface area contributed by atoms with E-state index < -0.39 is 0 Å². The average Bonchev–Trinajstić information content (AvgIpc) is 2.76. The van der Waals surface area contributed by atoms with Crippen LogP contribution in [0, 0.1) is 0 Å². The summed E-state index contributed by atoms with van der Waals surface area (Å²) < 4.78 is 0.999. The summed E-state index contributed by atoms with van der Waals surface area (Å²) in [5, 5.41) is 2.96. The number of carbonyl (C=O) groups is 1. The molecule has 0 spiro atoms. The topological polar surface area (TPSA) is 35.6 Å². The van der Waals surface area contributed by atoms with E-state index in [1.54, 1.807) is 6.07 Å². The number of thiophene rings is 1. The number of fused-ring (bicyclic) bond motifs is 3. The number of nitrogens with one attached hydrogen (secondary N) is 1. The first-order chi connectivity index (χ1) is 9.13. The Morgan fingerprint density at radius 1 is 1.37 bits per heavy atom. The lowest BCUT2D eigenvalue weighted by atomic mass is 10.1. The van der Waals surface area contributed by atoms with Gasteiger partial charge in [-0.25, -0.2) is 0 Å². The Balaban J connectivity index is 1.57. The summed E-state index contributed by atoms with van der Waals surface area (Å²) in [6, 6.07) is 2.04. The van der Waals surface area contributed by atoms with E-state index in [-0.39, 0.29) is 5.91 Å². The molecule has 0 aromatic carbocycles. The number of carbonyl (C=O) groups excluding carboxylic acids is 1. The maximum absolute atomic E-state index is 12.0. The Kier molecular flexibility index (Phi) is 4.01. The quantitative estimate of drug-likeness (QED) is 0.922. The van der Waals surface area contributed by atoms with E-state index in [0.717, 1.165) is 32.7 Å².